The van der Waals surface area contributed by atoms with Crippen LogP contribution in [0.25, 0.3) is 0 Å². The van der Waals surface area contributed by atoms with E-state index in [1.807, 2.05) is 30.3 Å². The molecule has 1 aliphatic rings. The minimum Gasteiger partial charge on any atom is -0.465 e. The summed E-state index contributed by atoms with van der Waals surface area (Å²) in [7, 11) is 0. The third-order valence-electron chi connectivity index (χ3n) is 3.04. The molecular weight excluding hydrogens is 206 g/mol. The Hall–Kier alpha value is -1.55. The molecule has 4 nitrogen and oxygen atoms in total. The van der Waals surface area contributed by atoms with E-state index in [0.29, 0.717) is 19.4 Å². The summed E-state index contributed by atoms with van der Waals surface area (Å²) in [6.07, 6.45) is -0.383. The van der Waals surface area contributed by atoms with Crippen LogP contribution in [0.15, 0.2) is 30.3 Å². The van der Waals surface area contributed by atoms with Gasteiger partial charge in [-0.25, -0.2) is 4.79 Å². The van der Waals surface area contributed by atoms with E-state index in [1.54, 1.807) is 0 Å². The summed E-state index contributed by atoms with van der Waals surface area (Å²) in [5, 5.41) is 18.8. The fraction of sp³-hybridized carbons (Fsp3) is 0.417. The van der Waals surface area contributed by atoms with E-state index in [0.717, 1.165) is 5.56 Å². The van der Waals surface area contributed by atoms with Crippen LogP contribution < -0.4 is 0 Å². The molecule has 86 valence electrons. The Balaban J connectivity index is 2.10. The van der Waals surface area contributed by atoms with Crippen molar-refractivity contribution in [3.63, 3.8) is 0 Å². The molecule has 16 heavy (non-hydrogen) atoms. The maximum absolute atomic E-state index is 11.0. The summed E-state index contributed by atoms with van der Waals surface area (Å²) in [5.74, 6) is 0. The molecule has 0 bridgehead atoms. The molecule has 0 aliphatic carbocycles. The lowest BCUT2D eigenvalue weighted by Crippen LogP contribution is -2.40. The van der Waals surface area contributed by atoms with Crippen LogP contribution in [-0.2, 0) is 6.42 Å². The predicted molar refractivity (Wildman–Crippen MR) is 59.3 cm³/mol. The van der Waals surface area contributed by atoms with Crippen LogP contribution in [0.3, 0.4) is 0 Å². The number of carboxylic acid groups (broad SMARTS) is 1. The van der Waals surface area contributed by atoms with Gasteiger partial charge in [0.05, 0.1) is 12.1 Å². The van der Waals surface area contributed by atoms with Crippen molar-refractivity contribution in [1.29, 1.82) is 0 Å². The van der Waals surface area contributed by atoms with Gasteiger partial charge in [0.15, 0.2) is 0 Å². The van der Waals surface area contributed by atoms with E-state index >= 15 is 0 Å². The summed E-state index contributed by atoms with van der Waals surface area (Å²) < 4.78 is 0. The quantitative estimate of drug-likeness (QED) is 0.792. The van der Waals surface area contributed by atoms with Crippen molar-refractivity contribution >= 4 is 6.09 Å². The Morgan fingerprint density at radius 1 is 1.38 bits per heavy atom. The molecule has 2 unspecified atom stereocenters. The average molecular weight is 221 g/mol. The largest absolute Gasteiger partial charge is 0.465 e. The number of benzene rings is 1. The highest BCUT2D eigenvalue weighted by Crippen LogP contribution is 2.21. The number of likely N-dealkylation sites (tertiary alicyclic amines) is 1. The van der Waals surface area contributed by atoms with Gasteiger partial charge in [-0.1, -0.05) is 30.3 Å². The predicted octanol–water partition coefficient (Wildman–Crippen LogP) is 1.34. The van der Waals surface area contributed by atoms with Crippen molar-refractivity contribution in [2.45, 2.75) is 25.0 Å². The van der Waals surface area contributed by atoms with Crippen LogP contribution in [0.1, 0.15) is 12.0 Å². The lowest BCUT2D eigenvalue weighted by Gasteiger charge is -2.23. The van der Waals surface area contributed by atoms with E-state index in [4.69, 9.17) is 5.11 Å². The molecule has 1 heterocycles. The van der Waals surface area contributed by atoms with Gasteiger partial charge in [0.2, 0.25) is 0 Å². The fourth-order valence-corrected chi connectivity index (χ4v) is 2.18. The zero-order valence-corrected chi connectivity index (χ0v) is 8.91. The third-order valence-corrected chi connectivity index (χ3v) is 3.04. The molecule has 1 aromatic carbocycles. The maximum Gasteiger partial charge on any atom is 0.407 e. The lowest BCUT2D eigenvalue weighted by atomic mass is 10.0. The number of carbonyl (C=O) groups is 1. The summed E-state index contributed by atoms with van der Waals surface area (Å²) in [6, 6.07) is 9.35. The van der Waals surface area contributed by atoms with E-state index in [2.05, 4.69) is 0 Å². The lowest BCUT2D eigenvalue weighted by molar-refractivity contribution is 0.100. The van der Waals surface area contributed by atoms with Crippen LogP contribution in [-0.4, -0.2) is 39.9 Å². The maximum atomic E-state index is 11.0. The van der Waals surface area contributed by atoms with Gasteiger partial charge in [0.25, 0.3) is 0 Å². The minimum atomic E-state index is -0.947. The second-order valence-electron chi connectivity index (χ2n) is 4.09. The molecule has 1 aliphatic heterocycles. The van der Waals surface area contributed by atoms with Gasteiger partial charge in [0.1, 0.15) is 0 Å². The average Bonchev–Trinajstić information content (AvgIpc) is 2.62. The topological polar surface area (TPSA) is 60.8 Å². The molecule has 0 aromatic heterocycles. The summed E-state index contributed by atoms with van der Waals surface area (Å²) in [6.45, 7) is 0.425. The molecular formula is C12H15NO3. The normalized spacial score (nSPS) is 24.7. The number of hydrogen-bond acceptors (Lipinski definition) is 2. The zero-order valence-electron chi connectivity index (χ0n) is 8.91. The summed E-state index contributed by atoms with van der Waals surface area (Å²) in [4.78, 5) is 12.3. The van der Waals surface area contributed by atoms with Crippen molar-refractivity contribution in [2.75, 3.05) is 6.54 Å². The Bertz CT molecular complexity index is 366. The van der Waals surface area contributed by atoms with Gasteiger partial charge >= 0.3 is 6.09 Å². The molecule has 1 saturated heterocycles. The molecule has 0 spiro atoms. The van der Waals surface area contributed by atoms with Gasteiger partial charge in [-0.3, -0.25) is 0 Å². The number of rotatable bonds is 2. The minimum absolute atomic E-state index is 0.306. The highest BCUT2D eigenvalue weighted by atomic mass is 16.4. The molecule has 1 fully saturated rings. The summed E-state index contributed by atoms with van der Waals surface area (Å²) in [5.41, 5.74) is 1.06. The fourth-order valence-electron chi connectivity index (χ4n) is 2.18. The first-order valence-electron chi connectivity index (χ1n) is 5.40. The molecule has 2 rings (SSSR count). The number of hydrogen-bond donors (Lipinski definition) is 2. The molecule has 2 N–H and O–H groups in total. The van der Waals surface area contributed by atoms with Gasteiger partial charge in [-0.15, -0.1) is 0 Å². The van der Waals surface area contributed by atoms with Crippen molar-refractivity contribution in [3.8, 4) is 0 Å². The standard InChI is InChI=1S/C12H15NO3/c14-11-6-7-13(12(15)16)10(11)8-9-4-2-1-3-5-9/h1-5,10-11,14H,6-8H2,(H,15,16). The third kappa shape index (κ3) is 2.17. The number of amides is 1. The highest BCUT2D eigenvalue weighted by Gasteiger charge is 2.35. The van der Waals surface area contributed by atoms with Crippen molar-refractivity contribution in [3.05, 3.63) is 35.9 Å². The van der Waals surface area contributed by atoms with Crippen LogP contribution in [0.2, 0.25) is 0 Å². The smallest absolute Gasteiger partial charge is 0.407 e. The molecule has 0 saturated carbocycles. The number of aliphatic hydroxyl groups excluding tert-OH is 1. The second-order valence-corrected chi connectivity index (χ2v) is 4.09. The van der Waals surface area contributed by atoms with Crippen molar-refractivity contribution < 1.29 is 15.0 Å². The molecule has 1 aromatic rings. The first kappa shape index (κ1) is 11.0. The summed E-state index contributed by atoms with van der Waals surface area (Å²) >= 11 is 0. The van der Waals surface area contributed by atoms with E-state index in [1.165, 1.54) is 4.90 Å². The van der Waals surface area contributed by atoms with Crippen LogP contribution >= 0.6 is 0 Å². The Morgan fingerprint density at radius 2 is 2.06 bits per heavy atom. The first-order chi connectivity index (χ1) is 7.68. The monoisotopic (exact) mass is 221 g/mol. The van der Waals surface area contributed by atoms with Crippen molar-refractivity contribution in [2.24, 2.45) is 0 Å². The van der Waals surface area contributed by atoms with Gasteiger partial charge in [0, 0.05) is 6.54 Å². The molecule has 4 heteroatoms. The van der Waals surface area contributed by atoms with E-state index in [9.17, 15) is 9.90 Å². The zero-order chi connectivity index (χ0) is 11.5. The SMILES string of the molecule is O=C(O)N1CCC(O)C1Cc1ccccc1. The number of aliphatic hydroxyl groups is 1. The van der Waals surface area contributed by atoms with Crippen LogP contribution in [0, 0.1) is 0 Å². The molecule has 1 amide bonds. The van der Waals surface area contributed by atoms with Gasteiger partial charge in [-0.05, 0) is 18.4 Å². The Labute approximate surface area is 94.1 Å². The molecule has 0 radical (unpaired) electrons. The van der Waals surface area contributed by atoms with Crippen LogP contribution in [0.4, 0.5) is 4.79 Å². The van der Waals surface area contributed by atoms with E-state index < -0.39 is 12.2 Å². The molecule has 2 atom stereocenters. The van der Waals surface area contributed by atoms with Crippen molar-refractivity contribution in [1.82, 2.24) is 4.90 Å². The van der Waals surface area contributed by atoms with Gasteiger partial charge < -0.3 is 15.1 Å². The number of nitrogens with zero attached hydrogens (tertiary/aromatic N) is 1. The van der Waals surface area contributed by atoms with Crippen LogP contribution in [0.5, 0.6) is 0 Å². The highest BCUT2D eigenvalue weighted by molar-refractivity contribution is 5.66. The van der Waals surface area contributed by atoms with Gasteiger partial charge in [-0.2, -0.15) is 0 Å². The Kier molecular flexibility index (Phi) is 3.10. The van der Waals surface area contributed by atoms with E-state index in [-0.39, 0.29) is 6.04 Å². The Morgan fingerprint density at radius 3 is 2.69 bits per heavy atom. The second kappa shape index (κ2) is 4.53. The first-order valence-corrected chi connectivity index (χ1v) is 5.40.